The zero-order chi connectivity index (χ0) is 67.9. The van der Waals surface area contributed by atoms with Crippen LogP contribution in [0.1, 0.15) is 188 Å². The molecule has 88 heavy (non-hydrogen) atoms. The fourth-order valence-electron chi connectivity index (χ4n) is 11.4. The first-order valence-electron chi connectivity index (χ1n) is 32.5. The van der Waals surface area contributed by atoms with E-state index in [1.165, 1.54) is 97.5 Å². The van der Waals surface area contributed by atoms with E-state index >= 15 is 14.4 Å². The van der Waals surface area contributed by atoms with Crippen LogP contribution in [0.3, 0.4) is 0 Å². The molecule has 0 bridgehead atoms. The predicted octanol–water partition coefficient (Wildman–Crippen LogP) is 4.63. The minimum Gasteiger partial charge on any atom is -0.343 e. The summed E-state index contributed by atoms with van der Waals surface area (Å²) in [5.74, 6) is -7.94. The molecule has 0 spiro atoms. The lowest BCUT2D eigenvalue weighted by molar-refractivity contribution is -0.156. The van der Waals surface area contributed by atoms with Crippen LogP contribution >= 0.6 is 0 Å². The second-order valence-corrected chi connectivity index (χ2v) is 27.6. The molecular formula is C65H120N12O11. The standard InChI is InChI=1S/C65H120N12O11/c1-24-47-61(84)71(17)37-53(78)72(18)49(33-39(4)5)59(82)70-54(42(10)11)64(87)74(20)50(34-40(6)7)57(80)67-45(15)56(79)68-46(16)60(83)76(22)52(35-41(8)9)63(86)73(19)48(31-30-38(2)3)62(85)77(23)55(43(12)13)65(88)75(21)51(58(81)69-47)36-44(14)29-27-25-26-28-32-66/h38-52,54-55H,24-37,66H2,1-23H3,(H,67,80)(H,68,79)(H,69,81)(H,70,82)/t44-,45-,46+,47-,48-,49+,50-,51-,52+,54-,55-/m1/s1. The van der Waals surface area contributed by atoms with Crippen LogP contribution in [0.2, 0.25) is 0 Å². The molecule has 0 aliphatic carbocycles. The highest BCUT2D eigenvalue weighted by molar-refractivity contribution is 5.99. The van der Waals surface area contributed by atoms with Gasteiger partial charge in [0.2, 0.25) is 65.0 Å². The highest BCUT2D eigenvalue weighted by atomic mass is 16.2. The van der Waals surface area contributed by atoms with E-state index in [-0.39, 0.29) is 68.1 Å². The third-order valence-corrected chi connectivity index (χ3v) is 17.1. The Morgan fingerprint density at radius 2 is 0.864 bits per heavy atom. The Bertz CT molecular complexity index is 2310. The summed E-state index contributed by atoms with van der Waals surface area (Å²) in [5, 5.41) is 11.2. The molecule has 506 valence electrons. The first kappa shape index (κ1) is 80.1. The molecule has 0 aromatic heterocycles. The minimum atomic E-state index is -1.21. The fraction of sp³-hybridized carbons (Fsp3) is 0.831. The summed E-state index contributed by atoms with van der Waals surface area (Å²) >= 11 is 0. The Morgan fingerprint density at radius 3 is 1.36 bits per heavy atom. The van der Waals surface area contributed by atoms with Gasteiger partial charge in [-0.25, -0.2) is 0 Å². The molecule has 1 heterocycles. The van der Waals surface area contributed by atoms with Crippen LogP contribution in [-0.4, -0.2) is 222 Å². The highest BCUT2D eigenvalue weighted by Gasteiger charge is 2.44. The van der Waals surface area contributed by atoms with E-state index in [9.17, 15) is 38.4 Å². The third-order valence-electron chi connectivity index (χ3n) is 17.1. The molecule has 1 rings (SSSR count). The fourth-order valence-corrected chi connectivity index (χ4v) is 11.4. The van der Waals surface area contributed by atoms with E-state index in [2.05, 4.69) is 21.3 Å². The van der Waals surface area contributed by atoms with Gasteiger partial charge < -0.3 is 61.3 Å². The lowest BCUT2D eigenvalue weighted by Gasteiger charge is -2.41. The number of carbonyl (C=O) groups is 11. The van der Waals surface area contributed by atoms with Crippen molar-refractivity contribution in [1.29, 1.82) is 0 Å². The Morgan fingerprint density at radius 1 is 0.420 bits per heavy atom. The maximum atomic E-state index is 15.3. The second kappa shape index (κ2) is 38.0. The van der Waals surface area contributed by atoms with Crippen molar-refractivity contribution in [2.75, 3.05) is 62.4 Å². The number of hydrogen-bond donors (Lipinski definition) is 5. The molecule has 6 N–H and O–H groups in total. The number of unbranched alkanes of at least 4 members (excludes halogenated alkanes) is 3. The summed E-state index contributed by atoms with van der Waals surface area (Å²) < 4.78 is 0. The summed E-state index contributed by atoms with van der Waals surface area (Å²) in [5.41, 5.74) is 5.76. The Balaban J connectivity index is 4.30. The van der Waals surface area contributed by atoms with Crippen molar-refractivity contribution < 1.29 is 52.7 Å². The van der Waals surface area contributed by atoms with Gasteiger partial charge in [0.25, 0.3) is 0 Å². The molecule has 23 nitrogen and oxygen atoms in total. The molecular weight excluding hydrogens is 1120 g/mol. The molecule has 1 aliphatic heterocycles. The lowest BCUT2D eigenvalue weighted by atomic mass is 9.92. The van der Waals surface area contributed by atoms with Gasteiger partial charge in [0, 0.05) is 49.3 Å². The largest absolute Gasteiger partial charge is 0.343 e. The Labute approximate surface area is 529 Å². The molecule has 23 heteroatoms. The summed E-state index contributed by atoms with van der Waals surface area (Å²) in [4.78, 5) is 170. The Hall–Kier alpha value is -5.87. The molecule has 1 aliphatic rings. The maximum Gasteiger partial charge on any atom is 0.246 e. The maximum absolute atomic E-state index is 15.3. The molecule has 0 aromatic carbocycles. The van der Waals surface area contributed by atoms with Crippen LogP contribution in [0, 0.1) is 41.4 Å². The topological polar surface area (TPSA) is 285 Å². The van der Waals surface area contributed by atoms with Crippen LogP contribution in [0.15, 0.2) is 0 Å². The van der Waals surface area contributed by atoms with E-state index in [0.717, 1.165) is 32.1 Å². The molecule has 1 fully saturated rings. The van der Waals surface area contributed by atoms with E-state index in [1.807, 2.05) is 62.3 Å². The van der Waals surface area contributed by atoms with Crippen molar-refractivity contribution in [3.8, 4) is 0 Å². The van der Waals surface area contributed by atoms with Gasteiger partial charge in [-0.15, -0.1) is 0 Å². The molecule has 1 saturated heterocycles. The van der Waals surface area contributed by atoms with Crippen molar-refractivity contribution in [2.24, 2.45) is 47.2 Å². The average molecular weight is 1250 g/mol. The monoisotopic (exact) mass is 1240 g/mol. The van der Waals surface area contributed by atoms with Gasteiger partial charge in [0.05, 0.1) is 6.54 Å². The van der Waals surface area contributed by atoms with Crippen molar-refractivity contribution >= 4 is 65.0 Å². The number of rotatable bonds is 20. The van der Waals surface area contributed by atoms with Gasteiger partial charge in [-0.05, 0) is 113 Å². The van der Waals surface area contributed by atoms with Gasteiger partial charge in [-0.1, -0.05) is 123 Å². The molecule has 0 saturated carbocycles. The van der Waals surface area contributed by atoms with E-state index in [1.54, 1.807) is 34.6 Å². The third kappa shape index (κ3) is 24.2. The molecule has 11 amide bonds. The zero-order valence-electron chi connectivity index (χ0n) is 58.4. The first-order chi connectivity index (χ1) is 40.8. The number of amides is 11. The molecule has 0 unspecified atom stereocenters. The van der Waals surface area contributed by atoms with Crippen LogP contribution in [0.25, 0.3) is 0 Å². The lowest BCUT2D eigenvalue weighted by Crippen LogP contribution is -2.61. The quantitative estimate of drug-likeness (QED) is 0.104. The SMILES string of the molecule is CC[C@H]1NC(=O)[C@@H](C[C@H](C)CCCCCCN)N(C)C(=O)[C@@H](C(C)C)N(C)C(=O)[C@@H](CCC(C)C)N(C)C(=O)[C@H](CC(C)C)N(C)C(=O)[C@H](C)NC(=O)[C@@H](C)NC(=O)[C@@H](CC(C)C)N(C)C(=O)[C@@H](C(C)C)NC(=O)[C@H](CC(C)C)N(C)C(=O)CN(C)C1=O. The number of likely N-dealkylation sites (N-methyl/N-ethyl adjacent to an activating group) is 7. The Kier molecular flexibility index (Phi) is 34.6. The van der Waals surface area contributed by atoms with E-state index in [4.69, 9.17) is 5.73 Å². The summed E-state index contributed by atoms with van der Waals surface area (Å²) in [6.07, 6.45) is 5.95. The van der Waals surface area contributed by atoms with Gasteiger partial charge in [-0.2, -0.15) is 0 Å². The minimum absolute atomic E-state index is 0.0749. The summed E-state index contributed by atoms with van der Waals surface area (Å²) in [7, 11) is 10.3. The first-order valence-corrected chi connectivity index (χ1v) is 32.5. The zero-order valence-corrected chi connectivity index (χ0v) is 58.4. The van der Waals surface area contributed by atoms with Crippen molar-refractivity contribution in [3.05, 3.63) is 0 Å². The van der Waals surface area contributed by atoms with Gasteiger partial charge in [-0.3, -0.25) is 52.7 Å². The van der Waals surface area contributed by atoms with Crippen molar-refractivity contribution in [1.82, 2.24) is 55.6 Å². The summed E-state index contributed by atoms with van der Waals surface area (Å²) in [6, 6.07) is -11.4. The number of nitrogens with zero attached hydrogens (tertiary/aromatic N) is 7. The molecule has 11 atom stereocenters. The van der Waals surface area contributed by atoms with Crippen LogP contribution in [0.5, 0.6) is 0 Å². The van der Waals surface area contributed by atoms with Crippen LogP contribution in [-0.2, 0) is 52.7 Å². The highest BCUT2D eigenvalue weighted by Crippen LogP contribution is 2.26. The van der Waals surface area contributed by atoms with Gasteiger partial charge in [0.1, 0.15) is 60.4 Å². The van der Waals surface area contributed by atoms with Crippen molar-refractivity contribution in [3.63, 3.8) is 0 Å². The second-order valence-electron chi connectivity index (χ2n) is 27.6. The van der Waals surface area contributed by atoms with E-state index in [0.29, 0.717) is 13.0 Å². The van der Waals surface area contributed by atoms with Gasteiger partial charge >= 0.3 is 0 Å². The van der Waals surface area contributed by atoms with Crippen molar-refractivity contribution in [2.45, 2.75) is 248 Å². The number of hydrogen-bond acceptors (Lipinski definition) is 12. The molecule has 0 aromatic rings. The normalized spacial score (nSPS) is 25.9. The molecule has 0 radical (unpaired) electrons. The number of nitrogens with one attached hydrogen (secondary N) is 4. The van der Waals surface area contributed by atoms with Crippen LogP contribution in [0.4, 0.5) is 0 Å². The number of nitrogens with two attached hydrogens (primary N) is 1. The van der Waals surface area contributed by atoms with Crippen LogP contribution < -0.4 is 27.0 Å². The average Bonchev–Trinajstić information content (AvgIpc) is 1.56. The number of carbonyl (C=O) groups excluding carboxylic acids is 11. The summed E-state index contributed by atoms with van der Waals surface area (Å²) in [6.45, 7) is 29.1. The smallest absolute Gasteiger partial charge is 0.246 e. The van der Waals surface area contributed by atoms with E-state index < -0.39 is 144 Å². The predicted molar refractivity (Wildman–Crippen MR) is 344 cm³/mol. The van der Waals surface area contributed by atoms with Gasteiger partial charge in [0.15, 0.2) is 0 Å².